The molecule has 0 amide bonds. The molecule has 0 saturated heterocycles. The second kappa shape index (κ2) is 7.18. The van der Waals surface area contributed by atoms with Crippen LogP contribution < -0.4 is 5.73 Å². The molecule has 0 radical (unpaired) electrons. The van der Waals surface area contributed by atoms with Crippen molar-refractivity contribution in [1.82, 2.24) is 20.2 Å². The number of aromatic nitrogens is 4. The lowest BCUT2D eigenvalue weighted by molar-refractivity contribution is 0.0654. The molecule has 0 bridgehead atoms. The summed E-state index contributed by atoms with van der Waals surface area (Å²) in [6, 6.07) is 5.29. The van der Waals surface area contributed by atoms with Crippen LogP contribution in [0.2, 0.25) is 5.02 Å². The van der Waals surface area contributed by atoms with Gasteiger partial charge in [0.15, 0.2) is 5.82 Å². The Morgan fingerprint density at radius 3 is 2.90 bits per heavy atom. The van der Waals surface area contributed by atoms with Crippen LogP contribution in [0.3, 0.4) is 0 Å². The first-order valence-electron chi connectivity index (χ1n) is 6.11. The molecule has 1 aromatic carbocycles. The molecule has 8 heteroatoms. The van der Waals surface area contributed by atoms with Crippen molar-refractivity contribution in [2.45, 2.75) is 6.54 Å². The van der Waals surface area contributed by atoms with Gasteiger partial charge in [-0.15, -0.1) is 5.10 Å². The van der Waals surface area contributed by atoms with E-state index in [0.29, 0.717) is 48.5 Å². The highest BCUT2D eigenvalue weighted by Gasteiger charge is 2.15. The molecule has 2 rings (SSSR count). The molecule has 0 fully saturated rings. The molecule has 108 valence electrons. The molecule has 2 N–H and O–H groups in total. The third-order valence-electron chi connectivity index (χ3n) is 2.68. The molecule has 2 aromatic rings. The van der Waals surface area contributed by atoms with Crippen LogP contribution in [0.25, 0.3) is 11.4 Å². The van der Waals surface area contributed by atoms with Crippen LogP contribution in [0.4, 0.5) is 5.69 Å². The Hall–Kier alpha value is -1.70. The number of halogens is 1. The van der Waals surface area contributed by atoms with Crippen molar-refractivity contribution in [2.75, 3.05) is 32.7 Å². The fourth-order valence-corrected chi connectivity index (χ4v) is 1.97. The van der Waals surface area contributed by atoms with Gasteiger partial charge < -0.3 is 15.2 Å². The van der Waals surface area contributed by atoms with Crippen LogP contribution in [0.15, 0.2) is 18.2 Å². The number of nitrogen functional groups attached to an aromatic ring is 1. The number of tetrazole rings is 1. The van der Waals surface area contributed by atoms with E-state index in [1.54, 1.807) is 30.0 Å². The molecule has 0 aliphatic rings. The highest BCUT2D eigenvalue weighted by molar-refractivity contribution is 6.33. The summed E-state index contributed by atoms with van der Waals surface area (Å²) in [6.07, 6.45) is 0. The Balaban J connectivity index is 2.09. The Labute approximate surface area is 121 Å². The number of methoxy groups -OCH3 is 1. The lowest BCUT2D eigenvalue weighted by atomic mass is 10.1. The Kier molecular flexibility index (Phi) is 5.28. The lowest BCUT2D eigenvalue weighted by Crippen LogP contribution is -2.12. The molecular formula is C12H16ClN5O2. The van der Waals surface area contributed by atoms with Crippen molar-refractivity contribution in [1.29, 1.82) is 0 Å². The molecule has 0 saturated carbocycles. The number of benzene rings is 1. The largest absolute Gasteiger partial charge is 0.398 e. The summed E-state index contributed by atoms with van der Waals surface area (Å²) < 4.78 is 11.9. The van der Waals surface area contributed by atoms with Gasteiger partial charge in [-0.2, -0.15) is 0 Å². The molecule has 20 heavy (non-hydrogen) atoms. The van der Waals surface area contributed by atoms with E-state index in [2.05, 4.69) is 15.5 Å². The fraction of sp³-hybridized carbons (Fsp3) is 0.417. The van der Waals surface area contributed by atoms with Gasteiger partial charge in [0.05, 0.1) is 37.0 Å². The van der Waals surface area contributed by atoms with Crippen LogP contribution >= 0.6 is 11.6 Å². The standard InChI is InChI=1S/C12H16ClN5O2/c1-19-7-8-20-6-5-18-12(15-16-17-18)11-9(13)3-2-4-10(11)14/h2-4H,5-8,14H2,1H3. The van der Waals surface area contributed by atoms with E-state index in [1.165, 1.54) is 0 Å². The summed E-state index contributed by atoms with van der Waals surface area (Å²) in [7, 11) is 1.63. The molecular weight excluding hydrogens is 282 g/mol. The van der Waals surface area contributed by atoms with Gasteiger partial charge in [0, 0.05) is 12.8 Å². The van der Waals surface area contributed by atoms with E-state index < -0.39 is 0 Å². The normalized spacial score (nSPS) is 10.9. The second-order valence-corrected chi connectivity index (χ2v) is 4.44. The van der Waals surface area contributed by atoms with E-state index in [1.807, 2.05) is 0 Å². The maximum absolute atomic E-state index is 6.16. The minimum Gasteiger partial charge on any atom is -0.398 e. The fourth-order valence-electron chi connectivity index (χ4n) is 1.71. The van der Waals surface area contributed by atoms with Gasteiger partial charge in [0.1, 0.15) is 0 Å². The zero-order valence-electron chi connectivity index (χ0n) is 11.1. The summed E-state index contributed by atoms with van der Waals surface area (Å²) in [6.45, 7) is 2.07. The molecule has 0 atom stereocenters. The van der Waals surface area contributed by atoms with Gasteiger partial charge in [0.25, 0.3) is 0 Å². The van der Waals surface area contributed by atoms with Gasteiger partial charge in [-0.3, -0.25) is 0 Å². The summed E-state index contributed by atoms with van der Waals surface area (Å²) in [5.74, 6) is 0.531. The first-order chi connectivity index (χ1) is 9.74. The maximum Gasteiger partial charge on any atom is 0.185 e. The van der Waals surface area contributed by atoms with Crippen LogP contribution in [0, 0.1) is 0 Å². The van der Waals surface area contributed by atoms with E-state index in [4.69, 9.17) is 26.8 Å². The van der Waals surface area contributed by atoms with Crippen molar-refractivity contribution in [2.24, 2.45) is 0 Å². The highest BCUT2D eigenvalue weighted by atomic mass is 35.5. The topological polar surface area (TPSA) is 88.1 Å². The minimum atomic E-state index is 0.478. The van der Waals surface area contributed by atoms with Gasteiger partial charge in [-0.05, 0) is 22.6 Å². The number of hydrogen-bond donors (Lipinski definition) is 1. The number of rotatable bonds is 7. The predicted octanol–water partition coefficient (Wildman–Crippen LogP) is 1.24. The third kappa shape index (κ3) is 3.44. The number of nitrogens with zero attached hydrogens (tertiary/aromatic N) is 4. The third-order valence-corrected chi connectivity index (χ3v) is 3.00. The van der Waals surface area contributed by atoms with Crippen LogP contribution in [0.5, 0.6) is 0 Å². The first kappa shape index (κ1) is 14.7. The average Bonchev–Trinajstić information content (AvgIpc) is 2.87. The van der Waals surface area contributed by atoms with E-state index in [9.17, 15) is 0 Å². The van der Waals surface area contributed by atoms with Crippen LogP contribution in [-0.2, 0) is 16.0 Å². The van der Waals surface area contributed by atoms with Crippen molar-refractivity contribution >= 4 is 17.3 Å². The van der Waals surface area contributed by atoms with Gasteiger partial charge in [-0.25, -0.2) is 4.68 Å². The molecule has 0 unspecified atom stereocenters. The summed E-state index contributed by atoms with van der Waals surface area (Å²) in [5.41, 5.74) is 7.11. The van der Waals surface area contributed by atoms with E-state index in [0.717, 1.165) is 0 Å². The molecule has 0 aliphatic heterocycles. The van der Waals surface area contributed by atoms with Crippen molar-refractivity contribution < 1.29 is 9.47 Å². The molecule has 7 nitrogen and oxygen atoms in total. The van der Waals surface area contributed by atoms with Crippen molar-refractivity contribution in [3.05, 3.63) is 23.2 Å². The predicted molar refractivity (Wildman–Crippen MR) is 75.4 cm³/mol. The van der Waals surface area contributed by atoms with Gasteiger partial charge in [-0.1, -0.05) is 17.7 Å². The summed E-state index contributed by atoms with van der Waals surface area (Å²) in [5, 5.41) is 12.1. The minimum absolute atomic E-state index is 0.478. The molecule has 0 aliphatic carbocycles. The number of hydrogen-bond acceptors (Lipinski definition) is 6. The Morgan fingerprint density at radius 1 is 1.30 bits per heavy atom. The lowest BCUT2D eigenvalue weighted by Gasteiger charge is -2.09. The zero-order chi connectivity index (χ0) is 14.4. The summed E-state index contributed by atoms with van der Waals surface area (Å²) >= 11 is 6.16. The zero-order valence-corrected chi connectivity index (χ0v) is 11.9. The van der Waals surface area contributed by atoms with Crippen molar-refractivity contribution in [3.63, 3.8) is 0 Å². The number of anilines is 1. The van der Waals surface area contributed by atoms with Gasteiger partial charge >= 0.3 is 0 Å². The molecule has 1 heterocycles. The highest BCUT2D eigenvalue weighted by Crippen LogP contribution is 2.31. The monoisotopic (exact) mass is 297 g/mol. The summed E-state index contributed by atoms with van der Waals surface area (Å²) in [4.78, 5) is 0. The first-order valence-corrected chi connectivity index (χ1v) is 6.49. The van der Waals surface area contributed by atoms with Crippen LogP contribution in [-0.4, -0.2) is 47.1 Å². The second-order valence-electron chi connectivity index (χ2n) is 4.03. The smallest absolute Gasteiger partial charge is 0.185 e. The number of nitrogens with two attached hydrogens (primary N) is 1. The Morgan fingerprint density at radius 2 is 2.15 bits per heavy atom. The van der Waals surface area contributed by atoms with E-state index >= 15 is 0 Å². The van der Waals surface area contributed by atoms with Gasteiger partial charge in [0.2, 0.25) is 0 Å². The quantitative estimate of drug-likeness (QED) is 0.611. The average molecular weight is 298 g/mol. The molecule has 1 aromatic heterocycles. The molecule has 0 spiro atoms. The SMILES string of the molecule is COCCOCCn1nnnc1-c1c(N)cccc1Cl. The van der Waals surface area contributed by atoms with Crippen LogP contribution in [0.1, 0.15) is 0 Å². The van der Waals surface area contributed by atoms with E-state index in [-0.39, 0.29) is 0 Å². The Bertz CT molecular complexity index is 540. The van der Waals surface area contributed by atoms with Crippen molar-refractivity contribution in [3.8, 4) is 11.4 Å². The maximum atomic E-state index is 6.16. The number of ether oxygens (including phenoxy) is 2.